The van der Waals surface area contributed by atoms with Crippen LogP contribution in [-0.4, -0.2) is 57.6 Å². The molecule has 5 aromatic carbocycles. The Kier molecular flexibility index (Phi) is 6.67. The minimum Gasteiger partial charge on any atom is -0.312 e. The summed E-state index contributed by atoms with van der Waals surface area (Å²) in [6, 6.07) is 10.4. The van der Waals surface area contributed by atoms with Crippen molar-refractivity contribution in [2.24, 2.45) is 22.9 Å². The molecular weight excluding hydrogens is 706 g/mol. The summed E-state index contributed by atoms with van der Waals surface area (Å²) in [4.78, 5) is 57.9. The second kappa shape index (κ2) is 9.97. The van der Waals surface area contributed by atoms with Gasteiger partial charge in [0, 0.05) is 69.6 Å². The Labute approximate surface area is 273 Å². The lowest BCUT2D eigenvalue weighted by molar-refractivity contribution is 0.0474. The molecule has 5 aromatic rings. The summed E-state index contributed by atoms with van der Waals surface area (Å²) in [5.74, 6) is -3.51. The molecule has 7 rings (SSSR count). The molecule has 0 radical (unpaired) electrons. The first-order chi connectivity index (χ1) is 21.2. The van der Waals surface area contributed by atoms with E-state index in [-0.39, 0.29) is 17.9 Å². The molecule has 0 saturated heterocycles. The summed E-state index contributed by atoms with van der Waals surface area (Å²) < 4.78 is 1.27. The minimum absolute atomic E-state index is 0.268. The second-order valence-electron chi connectivity index (χ2n) is 11.9. The predicted octanol–water partition coefficient (Wildman–Crippen LogP) is 4.00. The maximum Gasteiger partial charge on any atom is 0.262 e. The number of nitrogens with two attached hydrogens (primary N) is 4. The van der Waals surface area contributed by atoms with Crippen LogP contribution < -0.4 is 28.3 Å². The highest BCUT2D eigenvalue weighted by molar-refractivity contribution is 9.11. The van der Waals surface area contributed by atoms with Gasteiger partial charge in [-0.1, -0.05) is 50.9 Å². The lowest BCUT2D eigenvalue weighted by Gasteiger charge is -2.38. The van der Waals surface area contributed by atoms with Gasteiger partial charge in [0.25, 0.3) is 23.6 Å². The van der Waals surface area contributed by atoms with E-state index in [4.69, 9.17) is 22.9 Å². The van der Waals surface area contributed by atoms with E-state index in [9.17, 15) is 19.2 Å². The molecule has 9 N–H and O–H groups in total. The first-order valence-corrected chi connectivity index (χ1v) is 16.0. The Bertz CT molecular complexity index is 2200. The molecule has 2 aliphatic rings. The summed E-state index contributed by atoms with van der Waals surface area (Å²) in [6.07, 6.45) is -1.49. The molecular formula is C32H29Br2N7O4. The average molecular weight is 735 g/mol. The number of carbonyl (C=O) groups is 4. The number of rotatable bonds is 6. The number of nitrogens with one attached hydrogen (secondary N) is 1. The fraction of sp³-hybridized carbons (Fsp3) is 0.250. The zero-order valence-electron chi connectivity index (χ0n) is 24.5. The van der Waals surface area contributed by atoms with Gasteiger partial charge in [-0.3, -0.25) is 45.8 Å². The van der Waals surface area contributed by atoms with Crippen molar-refractivity contribution in [3.8, 4) is 0 Å². The van der Waals surface area contributed by atoms with Crippen molar-refractivity contribution in [2.45, 2.75) is 51.4 Å². The molecule has 0 aromatic heterocycles. The predicted molar refractivity (Wildman–Crippen MR) is 180 cm³/mol. The second-order valence-corrected chi connectivity index (χ2v) is 13.6. The number of benzene rings is 5. The van der Waals surface area contributed by atoms with Crippen LogP contribution in [0.15, 0.2) is 45.3 Å². The molecule has 0 saturated carbocycles. The highest BCUT2D eigenvalue weighted by atomic mass is 79.9. The van der Waals surface area contributed by atoms with Gasteiger partial charge in [-0.05, 0) is 55.3 Å². The van der Waals surface area contributed by atoms with Gasteiger partial charge >= 0.3 is 0 Å². The smallest absolute Gasteiger partial charge is 0.262 e. The Morgan fingerprint density at radius 2 is 1.11 bits per heavy atom. The lowest BCUT2D eigenvalue weighted by Crippen LogP contribution is -2.77. The third-order valence-electron chi connectivity index (χ3n) is 9.23. The van der Waals surface area contributed by atoms with Crippen molar-refractivity contribution in [1.82, 2.24) is 15.1 Å². The van der Waals surface area contributed by atoms with Gasteiger partial charge in [-0.2, -0.15) is 0 Å². The average Bonchev–Trinajstić information content (AvgIpc) is 2.98. The van der Waals surface area contributed by atoms with E-state index < -0.39 is 29.9 Å². The Morgan fingerprint density at radius 1 is 0.689 bits per heavy atom. The maximum atomic E-state index is 14.0. The third-order valence-corrected chi connectivity index (χ3v) is 10.5. The summed E-state index contributed by atoms with van der Waals surface area (Å²) >= 11 is 7.46. The van der Waals surface area contributed by atoms with Crippen molar-refractivity contribution in [2.75, 3.05) is 0 Å². The molecule has 2 unspecified atom stereocenters. The standard InChI is InChI=1S/C32H29Br2N7O4/c1-4-11(2)40-27(42)15-7-5-13-24-20(34)10-18-22-16(28(43)41(30(18)45)12(3)39-32(37,38)31(35)36)8-6-14(26(22)24)23-19(33)9-17(29(40)44)21(15)25(13)23/h5-12,31,39H,4,35-38H2,1-3H3. The van der Waals surface area contributed by atoms with Crippen molar-refractivity contribution in [3.05, 3.63) is 67.6 Å². The van der Waals surface area contributed by atoms with Crippen LogP contribution in [-0.2, 0) is 0 Å². The molecule has 0 bridgehead atoms. The normalized spacial score (nSPS) is 16.8. The van der Waals surface area contributed by atoms with E-state index in [0.29, 0.717) is 53.8 Å². The zero-order valence-corrected chi connectivity index (χ0v) is 27.7. The van der Waals surface area contributed by atoms with Crippen molar-refractivity contribution in [3.63, 3.8) is 0 Å². The number of nitrogens with zero attached hydrogens (tertiary/aromatic N) is 2. The molecule has 0 spiro atoms. The van der Waals surface area contributed by atoms with Gasteiger partial charge < -0.3 is 11.5 Å². The highest BCUT2D eigenvalue weighted by Crippen LogP contribution is 2.50. The van der Waals surface area contributed by atoms with E-state index in [2.05, 4.69) is 37.2 Å². The van der Waals surface area contributed by atoms with Crippen LogP contribution in [0.1, 0.15) is 68.6 Å². The molecule has 2 aliphatic heterocycles. The van der Waals surface area contributed by atoms with Gasteiger partial charge in [0.2, 0.25) is 0 Å². The van der Waals surface area contributed by atoms with E-state index in [1.165, 1.54) is 4.90 Å². The number of hydrogen-bond donors (Lipinski definition) is 5. The number of imide groups is 2. The van der Waals surface area contributed by atoms with E-state index >= 15 is 0 Å². The molecule has 0 fully saturated rings. The molecule has 2 heterocycles. The zero-order chi connectivity index (χ0) is 32.4. The number of amides is 4. The Hall–Kier alpha value is -3.56. The van der Waals surface area contributed by atoms with Crippen LogP contribution in [0.2, 0.25) is 0 Å². The van der Waals surface area contributed by atoms with Gasteiger partial charge in [-0.25, -0.2) is 0 Å². The minimum atomic E-state index is -1.76. The first-order valence-electron chi connectivity index (χ1n) is 14.4. The summed E-state index contributed by atoms with van der Waals surface area (Å²) in [6.45, 7) is 5.38. The van der Waals surface area contributed by atoms with Crippen LogP contribution in [0.3, 0.4) is 0 Å². The molecule has 4 amide bonds. The quantitative estimate of drug-likeness (QED) is 0.0743. The van der Waals surface area contributed by atoms with Crippen molar-refractivity contribution in [1.29, 1.82) is 0 Å². The first kappa shape index (κ1) is 30.1. The number of fused-ring (bicyclic) bond motifs is 2. The van der Waals surface area contributed by atoms with E-state index in [0.717, 1.165) is 31.8 Å². The van der Waals surface area contributed by atoms with E-state index in [1.807, 2.05) is 26.0 Å². The number of halogens is 2. The number of carbonyl (C=O) groups excluding carboxylic acids is 4. The molecule has 13 heteroatoms. The summed E-state index contributed by atoms with van der Waals surface area (Å²) in [5, 5.41) is 8.43. The topological polar surface area (TPSA) is 191 Å². The highest BCUT2D eigenvalue weighted by Gasteiger charge is 2.41. The van der Waals surface area contributed by atoms with Crippen molar-refractivity contribution < 1.29 is 19.2 Å². The van der Waals surface area contributed by atoms with Crippen LogP contribution in [0.25, 0.3) is 43.1 Å². The fourth-order valence-corrected chi connectivity index (χ4v) is 8.14. The van der Waals surface area contributed by atoms with Gasteiger partial charge in [-0.15, -0.1) is 0 Å². The van der Waals surface area contributed by atoms with Crippen LogP contribution in [0, 0.1) is 0 Å². The van der Waals surface area contributed by atoms with Crippen molar-refractivity contribution >= 4 is 98.6 Å². The largest absolute Gasteiger partial charge is 0.312 e. The third kappa shape index (κ3) is 3.92. The lowest BCUT2D eigenvalue weighted by atomic mass is 9.82. The molecule has 45 heavy (non-hydrogen) atoms. The van der Waals surface area contributed by atoms with Gasteiger partial charge in [0.15, 0.2) is 0 Å². The molecule has 11 nitrogen and oxygen atoms in total. The molecule has 2 atom stereocenters. The Morgan fingerprint density at radius 3 is 1.56 bits per heavy atom. The molecule has 230 valence electrons. The molecule has 0 aliphatic carbocycles. The number of hydrogen-bond acceptors (Lipinski definition) is 9. The van der Waals surface area contributed by atoms with Crippen LogP contribution >= 0.6 is 31.9 Å². The van der Waals surface area contributed by atoms with Gasteiger partial charge in [0.1, 0.15) is 5.79 Å². The Balaban J connectivity index is 1.53. The fourth-order valence-electron chi connectivity index (χ4n) is 6.86. The van der Waals surface area contributed by atoms with Crippen LogP contribution in [0.4, 0.5) is 0 Å². The summed E-state index contributed by atoms with van der Waals surface area (Å²) in [5.41, 5.74) is 25.0. The van der Waals surface area contributed by atoms with Gasteiger partial charge in [0.05, 0.1) is 12.3 Å². The summed E-state index contributed by atoms with van der Waals surface area (Å²) in [7, 11) is 0. The maximum absolute atomic E-state index is 14.0. The SMILES string of the molecule is CCC(C)N1C(=O)c2ccc3c4c(Br)cc5c6c(ccc(c7c(Br)cc(c2c37)C1=O)c64)C(=O)N(C(C)NC(N)(N)C(N)N)C5=O. The van der Waals surface area contributed by atoms with Crippen LogP contribution in [0.5, 0.6) is 0 Å². The van der Waals surface area contributed by atoms with E-state index in [1.54, 1.807) is 31.2 Å². The monoisotopic (exact) mass is 733 g/mol.